The Kier molecular flexibility index (Phi) is 5.14. The van der Waals surface area contributed by atoms with Gasteiger partial charge < -0.3 is 25.1 Å². The zero-order chi connectivity index (χ0) is 17.9. The third kappa shape index (κ3) is 4.26. The fraction of sp³-hybridized carbons (Fsp3) is 0.412. The molecule has 1 atom stereocenters. The van der Waals surface area contributed by atoms with Crippen molar-refractivity contribution in [2.75, 3.05) is 30.9 Å². The third-order valence-electron chi connectivity index (χ3n) is 3.68. The zero-order valence-electron chi connectivity index (χ0n) is 14.7. The summed E-state index contributed by atoms with van der Waals surface area (Å²) in [6.07, 6.45) is 1.58. The SMILES string of the molecule is Cc1cc([C@](C)(O)CNC(=O)Nc2ccc(N(C)C)nc2)c(C)o1. The highest BCUT2D eigenvalue weighted by Gasteiger charge is 2.28. The van der Waals surface area contributed by atoms with Crippen LogP contribution in [0.5, 0.6) is 0 Å². The molecule has 0 fully saturated rings. The molecular formula is C17H24N4O3. The molecule has 0 spiro atoms. The molecule has 0 unspecified atom stereocenters. The average Bonchev–Trinajstić information content (AvgIpc) is 2.85. The van der Waals surface area contributed by atoms with Crippen LogP contribution in [0.3, 0.4) is 0 Å². The lowest BCUT2D eigenvalue weighted by molar-refractivity contribution is 0.0584. The number of anilines is 2. The number of hydrogen-bond acceptors (Lipinski definition) is 5. The molecule has 130 valence electrons. The summed E-state index contributed by atoms with van der Waals surface area (Å²) >= 11 is 0. The van der Waals surface area contributed by atoms with Crippen LogP contribution in [-0.4, -0.2) is 36.8 Å². The molecular weight excluding hydrogens is 308 g/mol. The molecule has 2 aromatic rings. The fourth-order valence-corrected chi connectivity index (χ4v) is 2.41. The maximum absolute atomic E-state index is 12.0. The van der Waals surface area contributed by atoms with E-state index in [1.807, 2.05) is 32.0 Å². The van der Waals surface area contributed by atoms with Crippen molar-refractivity contribution in [2.24, 2.45) is 0 Å². The summed E-state index contributed by atoms with van der Waals surface area (Å²) in [6.45, 7) is 5.30. The van der Waals surface area contributed by atoms with Crippen LogP contribution in [0.2, 0.25) is 0 Å². The van der Waals surface area contributed by atoms with Crippen LogP contribution >= 0.6 is 0 Å². The topological polar surface area (TPSA) is 90.6 Å². The molecule has 0 aromatic carbocycles. The van der Waals surface area contributed by atoms with Gasteiger partial charge in [0.1, 0.15) is 22.9 Å². The van der Waals surface area contributed by atoms with Crippen LogP contribution in [-0.2, 0) is 5.60 Å². The Bertz CT molecular complexity index is 705. The van der Waals surface area contributed by atoms with E-state index in [-0.39, 0.29) is 6.54 Å². The van der Waals surface area contributed by atoms with Crippen LogP contribution in [0.15, 0.2) is 28.8 Å². The Balaban J connectivity index is 1.94. The van der Waals surface area contributed by atoms with Gasteiger partial charge in [0.25, 0.3) is 0 Å². The molecule has 24 heavy (non-hydrogen) atoms. The first-order valence-electron chi connectivity index (χ1n) is 7.67. The van der Waals surface area contributed by atoms with Crippen molar-refractivity contribution in [1.29, 1.82) is 0 Å². The molecule has 0 aliphatic rings. The number of aromatic nitrogens is 1. The van der Waals surface area contributed by atoms with Gasteiger partial charge in [-0.25, -0.2) is 9.78 Å². The van der Waals surface area contributed by atoms with E-state index in [1.165, 1.54) is 0 Å². The number of nitrogens with one attached hydrogen (secondary N) is 2. The summed E-state index contributed by atoms with van der Waals surface area (Å²) in [5.74, 6) is 2.16. The molecule has 0 aliphatic heterocycles. The number of furan rings is 1. The van der Waals surface area contributed by atoms with E-state index in [2.05, 4.69) is 15.6 Å². The van der Waals surface area contributed by atoms with Crippen LogP contribution in [0.25, 0.3) is 0 Å². The van der Waals surface area contributed by atoms with Gasteiger partial charge in [0.2, 0.25) is 0 Å². The van der Waals surface area contributed by atoms with Crippen molar-refractivity contribution in [3.8, 4) is 0 Å². The number of nitrogens with zero attached hydrogens (tertiary/aromatic N) is 2. The van der Waals surface area contributed by atoms with Crippen LogP contribution in [0, 0.1) is 13.8 Å². The van der Waals surface area contributed by atoms with Gasteiger partial charge in [-0.3, -0.25) is 0 Å². The maximum Gasteiger partial charge on any atom is 0.319 e. The van der Waals surface area contributed by atoms with Crippen molar-refractivity contribution in [1.82, 2.24) is 10.3 Å². The van der Waals surface area contributed by atoms with Gasteiger partial charge in [-0.15, -0.1) is 0 Å². The third-order valence-corrected chi connectivity index (χ3v) is 3.68. The molecule has 2 rings (SSSR count). The number of rotatable bonds is 5. The zero-order valence-corrected chi connectivity index (χ0v) is 14.7. The molecule has 2 aromatic heterocycles. The molecule has 0 radical (unpaired) electrons. The average molecular weight is 332 g/mol. The lowest BCUT2D eigenvalue weighted by Gasteiger charge is -2.23. The normalized spacial score (nSPS) is 13.2. The van der Waals surface area contributed by atoms with Gasteiger partial charge in [-0.05, 0) is 39.0 Å². The summed E-state index contributed by atoms with van der Waals surface area (Å²) in [7, 11) is 3.79. The predicted molar refractivity (Wildman–Crippen MR) is 93.3 cm³/mol. The first-order valence-corrected chi connectivity index (χ1v) is 7.67. The molecule has 7 nitrogen and oxygen atoms in total. The smallest absolute Gasteiger partial charge is 0.319 e. The number of amides is 2. The van der Waals surface area contributed by atoms with E-state index in [9.17, 15) is 9.90 Å². The minimum Gasteiger partial charge on any atom is -0.466 e. The van der Waals surface area contributed by atoms with Gasteiger partial charge >= 0.3 is 6.03 Å². The quantitative estimate of drug-likeness (QED) is 0.782. The lowest BCUT2D eigenvalue weighted by atomic mass is 9.96. The molecule has 0 saturated carbocycles. The minimum absolute atomic E-state index is 0.0574. The number of aryl methyl sites for hydroxylation is 2. The fourth-order valence-electron chi connectivity index (χ4n) is 2.41. The molecule has 0 aliphatic carbocycles. The number of aliphatic hydroxyl groups is 1. The van der Waals surface area contributed by atoms with Gasteiger partial charge in [0.15, 0.2) is 0 Å². The number of carbonyl (C=O) groups excluding carboxylic acids is 1. The van der Waals surface area contributed by atoms with E-state index in [1.54, 1.807) is 32.2 Å². The molecule has 7 heteroatoms. The summed E-state index contributed by atoms with van der Waals surface area (Å²) in [5.41, 5.74) is 0.0250. The molecule has 3 N–H and O–H groups in total. The second-order valence-corrected chi connectivity index (χ2v) is 6.21. The summed E-state index contributed by atoms with van der Waals surface area (Å²) in [4.78, 5) is 18.1. The molecule has 0 saturated heterocycles. The summed E-state index contributed by atoms with van der Waals surface area (Å²) in [5, 5.41) is 15.9. The first-order chi connectivity index (χ1) is 11.2. The molecule has 2 amide bonds. The highest BCUT2D eigenvalue weighted by molar-refractivity contribution is 5.89. The first kappa shape index (κ1) is 17.8. The maximum atomic E-state index is 12.0. The van der Waals surface area contributed by atoms with Crippen LogP contribution < -0.4 is 15.5 Å². The van der Waals surface area contributed by atoms with E-state index >= 15 is 0 Å². The van der Waals surface area contributed by atoms with Crippen molar-refractivity contribution < 1.29 is 14.3 Å². The van der Waals surface area contributed by atoms with E-state index in [0.29, 0.717) is 17.0 Å². The Morgan fingerprint density at radius 3 is 2.58 bits per heavy atom. The van der Waals surface area contributed by atoms with E-state index in [4.69, 9.17) is 4.42 Å². The van der Waals surface area contributed by atoms with Gasteiger partial charge in [0.05, 0.1) is 18.4 Å². The van der Waals surface area contributed by atoms with Crippen molar-refractivity contribution in [3.05, 3.63) is 41.5 Å². The summed E-state index contributed by atoms with van der Waals surface area (Å²) in [6, 6.07) is 4.94. The number of urea groups is 1. The minimum atomic E-state index is -1.22. The van der Waals surface area contributed by atoms with Crippen LogP contribution in [0.1, 0.15) is 24.0 Å². The van der Waals surface area contributed by atoms with E-state index < -0.39 is 11.6 Å². The predicted octanol–water partition coefficient (Wildman–Crippen LogP) is 2.39. The summed E-state index contributed by atoms with van der Waals surface area (Å²) < 4.78 is 5.43. The number of pyridine rings is 1. The van der Waals surface area contributed by atoms with Crippen molar-refractivity contribution in [3.63, 3.8) is 0 Å². The van der Waals surface area contributed by atoms with Gasteiger partial charge in [0, 0.05) is 19.7 Å². The Hall–Kier alpha value is -2.54. The molecule has 2 heterocycles. The highest BCUT2D eigenvalue weighted by atomic mass is 16.3. The van der Waals surface area contributed by atoms with Crippen molar-refractivity contribution in [2.45, 2.75) is 26.4 Å². The second-order valence-electron chi connectivity index (χ2n) is 6.21. The monoisotopic (exact) mass is 332 g/mol. The van der Waals surface area contributed by atoms with Crippen molar-refractivity contribution >= 4 is 17.5 Å². The van der Waals surface area contributed by atoms with Crippen LogP contribution in [0.4, 0.5) is 16.3 Å². The van der Waals surface area contributed by atoms with Gasteiger partial charge in [-0.1, -0.05) is 0 Å². The lowest BCUT2D eigenvalue weighted by Crippen LogP contribution is -2.40. The van der Waals surface area contributed by atoms with Gasteiger partial charge in [-0.2, -0.15) is 0 Å². The van der Waals surface area contributed by atoms with E-state index in [0.717, 1.165) is 11.6 Å². The standard InChI is InChI=1S/C17H24N4O3/c1-11-8-14(12(2)24-11)17(3,23)10-19-16(22)20-13-6-7-15(18-9-13)21(4)5/h6-9,23H,10H2,1-5H3,(H2,19,20,22)/t17-/m1/s1. The largest absolute Gasteiger partial charge is 0.466 e. The Morgan fingerprint density at radius 1 is 1.38 bits per heavy atom. The number of carbonyl (C=O) groups is 1. The highest BCUT2D eigenvalue weighted by Crippen LogP contribution is 2.26. The Morgan fingerprint density at radius 2 is 2.08 bits per heavy atom. The Labute approximate surface area is 141 Å². The second kappa shape index (κ2) is 6.92. The molecule has 0 bridgehead atoms. The number of hydrogen-bond donors (Lipinski definition) is 3.